The van der Waals surface area contributed by atoms with Gasteiger partial charge in [-0.1, -0.05) is 11.8 Å². The van der Waals surface area contributed by atoms with Gasteiger partial charge in [0.15, 0.2) is 11.0 Å². The van der Waals surface area contributed by atoms with Crippen LogP contribution in [0.25, 0.3) is 11.4 Å². The fourth-order valence-electron chi connectivity index (χ4n) is 3.07. The van der Waals surface area contributed by atoms with E-state index in [1.807, 2.05) is 11.5 Å². The second-order valence-electron chi connectivity index (χ2n) is 6.28. The number of hydrogen-bond donors (Lipinski definition) is 0. The molecule has 1 aliphatic heterocycles. The summed E-state index contributed by atoms with van der Waals surface area (Å²) in [5.74, 6) is 0.508. The van der Waals surface area contributed by atoms with Gasteiger partial charge in [-0.15, -0.1) is 10.2 Å². The van der Waals surface area contributed by atoms with Gasteiger partial charge in [0.25, 0.3) is 0 Å². The van der Waals surface area contributed by atoms with Gasteiger partial charge < -0.3 is 9.30 Å². The van der Waals surface area contributed by atoms with Crippen LogP contribution in [0.4, 0.5) is 0 Å². The van der Waals surface area contributed by atoms with Gasteiger partial charge in [-0.2, -0.15) is 4.31 Å². The summed E-state index contributed by atoms with van der Waals surface area (Å²) in [5.41, 5.74) is 0.776. The molecule has 1 saturated heterocycles. The van der Waals surface area contributed by atoms with Crippen molar-refractivity contribution in [3.8, 4) is 11.4 Å². The molecule has 2 heterocycles. The highest BCUT2D eigenvalue weighted by atomic mass is 32.2. The summed E-state index contributed by atoms with van der Waals surface area (Å²) < 4.78 is 33.7. The standard InChI is InChI=1S/C18H24N4O4S2/c1-3-22-17(19-20-18(22)27-13-16(23)26-4-2)14-7-9-15(10-8-14)28(24,25)21-11-5-6-12-21/h7-10H,3-6,11-13H2,1-2H3. The average molecular weight is 425 g/mol. The second-order valence-corrected chi connectivity index (χ2v) is 9.16. The summed E-state index contributed by atoms with van der Waals surface area (Å²) >= 11 is 1.27. The Kier molecular flexibility index (Phi) is 6.73. The quantitative estimate of drug-likeness (QED) is 0.474. The third-order valence-electron chi connectivity index (χ3n) is 4.47. The number of carbonyl (C=O) groups is 1. The first-order valence-corrected chi connectivity index (χ1v) is 11.7. The average Bonchev–Trinajstić information content (AvgIpc) is 3.36. The summed E-state index contributed by atoms with van der Waals surface area (Å²) in [6.45, 7) is 5.86. The van der Waals surface area contributed by atoms with E-state index in [2.05, 4.69) is 10.2 Å². The van der Waals surface area contributed by atoms with Crippen molar-refractivity contribution in [3.63, 3.8) is 0 Å². The zero-order chi connectivity index (χ0) is 20.1. The van der Waals surface area contributed by atoms with Crippen LogP contribution in [-0.2, 0) is 26.1 Å². The van der Waals surface area contributed by atoms with Crippen LogP contribution < -0.4 is 0 Å². The predicted molar refractivity (Wildman–Crippen MR) is 106 cm³/mol. The SMILES string of the molecule is CCOC(=O)CSc1nnc(-c2ccc(S(=O)(=O)N3CCCC3)cc2)n1CC. The van der Waals surface area contributed by atoms with Gasteiger partial charge in [0.1, 0.15) is 0 Å². The van der Waals surface area contributed by atoms with Crippen molar-refractivity contribution >= 4 is 27.8 Å². The molecular formula is C18H24N4O4S2. The highest BCUT2D eigenvalue weighted by molar-refractivity contribution is 7.99. The third kappa shape index (κ3) is 4.39. The molecular weight excluding hydrogens is 400 g/mol. The van der Waals surface area contributed by atoms with E-state index < -0.39 is 10.0 Å². The molecule has 0 aliphatic carbocycles. The largest absolute Gasteiger partial charge is 0.465 e. The van der Waals surface area contributed by atoms with Gasteiger partial charge in [-0.05, 0) is 51.0 Å². The van der Waals surface area contributed by atoms with Crippen LogP contribution in [0, 0.1) is 0 Å². The first kappa shape index (κ1) is 20.8. The van der Waals surface area contributed by atoms with E-state index in [-0.39, 0.29) is 16.6 Å². The Labute approximate surface area is 169 Å². The topological polar surface area (TPSA) is 94.4 Å². The predicted octanol–water partition coefficient (Wildman–Crippen LogP) is 2.40. The summed E-state index contributed by atoms with van der Waals surface area (Å²) in [6, 6.07) is 6.73. The number of sulfonamides is 1. The molecule has 152 valence electrons. The number of esters is 1. The summed E-state index contributed by atoms with van der Waals surface area (Å²) in [6.07, 6.45) is 1.81. The van der Waals surface area contributed by atoms with Crippen molar-refractivity contribution in [1.29, 1.82) is 0 Å². The molecule has 10 heteroatoms. The van der Waals surface area contributed by atoms with Crippen molar-refractivity contribution in [1.82, 2.24) is 19.1 Å². The number of ether oxygens (including phenoxy) is 1. The van der Waals surface area contributed by atoms with Crippen LogP contribution in [0.5, 0.6) is 0 Å². The number of hydrogen-bond acceptors (Lipinski definition) is 7. The van der Waals surface area contributed by atoms with Crippen LogP contribution in [0.1, 0.15) is 26.7 Å². The molecule has 0 amide bonds. The molecule has 2 aromatic rings. The number of nitrogens with zero attached hydrogens (tertiary/aromatic N) is 4. The van der Waals surface area contributed by atoms with Crippen LogP contribution in [0.3, 0.4) is 0 Å². The van der Waals surface area contributed by atoms with Crippen LogP contribution in [-0.4, -0.2) is 58.9 Å². The van der Waals surface area contributed by atoms with E-state index in [1.165, 1.54) is 16.1 Å². The molecule has 0 spiro atoms. The summed E-state index contributed by atoms with van der Waals surface area (Å²) in [4.78, 5) is 11.9. The molecule has 28 heavy (non-hydrogen) atoms. The zero-order valence-electron chi connectivity index (χ0n) is 16.0. The fourth-order valence-corrected chi connectivity index (χ4v) is 5.39. The maximum atomic E-state index is 12.7. The first-order chi connectivity index (χ1) is 13.5. The van der Waals surface area contributed by atoms with Gasteiger partial charge in [0.05, 0.1) is 17.3 Å². The molecule has 0 saturated carbocycles. The Bertz CT molecular complexity index is 920. The van der Waals surface area contributed by atoms with Crippen molar-refractivity contribution in [2.75, 3.05) is 25.4 Å². The minimum Gasteiger partial charge on any atom is -0.465 e. The van der Waals surface area contributed by atoms with E-state index in [9.17, 15) is 13.2 Å². The molecule has 0 N–H and O–H groups in total. The van der Waals surface area contributed by atoms with E-state index >= 15 is 0 Å². The van der Waals surface area contributed by atoms with Crippen molar-refractivity contribution in [2.45, 2.75) is 43.3 Å². The molecule has 0 unspecified atom stereocenters. The highest BCUT2D eigenvalue weighted by Gasteiger charge is 2.27. The molecule has 0 bridgehead atoms. The van der Waals surface area contributed by atoms with Gasteiger partial charge in [0.2, 0.25) is 10.0 Å². The molecule has 1 fully saturated rings. The van der Waals surface area contributed by atoms with E-state index in [0.29, 0.717) is 37.2 Å². The van der Waals surface area contributed by atoms with Gasteiger partial charge in [-0.3, -0.25) is 4.79 Å². The number of carbonyl (C=O) groups excluding carboxylic acids is 1. The van der Waals surface area contributed by atoms with Gasteiger partial charge in [-0.25, -0.2) is 8.42 Å². The normalized spacial score (nSPS) is 15.1. The molecule has 1 aliphatic rings. The van der Waals surface area contributed by atoms with E-state index in [0.717, 1.165) is 18.4 Å². The third-order valence-corrected chi connectivity index (χ3v) is 7.33. The minimum atomic E-state index is -3.44. The second kappa shape index (κ2) is 9.06. The van der Waals surface area contributed by atoms with Gasteiger partial charge in [0, 0.05) is 25.2 Å². The number of aromatic nitrogens is 3. The molecule has 3 rings (SSSR count). The maximum absolute atomic E-state index is 12.7. The minimum absolute atomic E-state index is 0.166. The van der Waals surface area contributed by atoms with E-state index in [4.69, 9.17) is 4.74 Å². The molecule has 8 nitrogen and oxygen atoms in total. The molecule has 0 atom stereocenters. The maximum Gasteiger partial charge on any atom is 0.316 e. The molecule has 1 aromatic carbocycles. The number of thioether (sulfide) groups is 1. The van der Waals surface area contributed by atoms with Crippen LogP contribution >= 0.6 is 11.8 Å². The number of benzene rings is 1. The monoisotopic (exact) mass is 424 g/mol. The Morgan fingerprint density at radius 1 is 1.14 bits per heavy atom. The van der Waals surface area contributed by atoms with Crippen LogP contribution in [0.2, 0.25) is 0 Å². The van der Waals surface area contributed by atoms with Gasteiger partial charge >= 0.3 is 5.97 Å². The van der Waals surface area contributed by atoms with Crippen molar-refractivity contribution in [2.24, 2.45) is 0 Å². The highest BCUT2D eigenvalue weighted by Crippen LogP contribution is 2.27. The Balaban J connectivity index is 1.79. The van der Waals surface area contributed by atoms with Crippen molar-refractivity contribution < 1.29 is 17.9 Å². The smallest absolute Gasteiger partial charge is 0.316 e. The summed E-state index contributed by atoms with van der Waals surface area (Å²) in [7, 11) is -3.44. The first-order valence-electron chi connectivity index (χ1n) is 9.29. The Hall–Kier alpha value is -1.91. The Morgan fingerprint density at radius 3 is 2.43 bits per heavy atom. The molecule has 0 radical (unpaired) electrons. The lowest BCUT2D eigenvalue weighted by Crippen LogP contribution is -2.27. The lowest BCUT2D eigenvalue weighted by molar-refractivity contribution is -0.139. The van der Waals surface area contributed by atoms with Crippen molar-refractivity contribution in [3.05, 3.63) is 24.3 Å². The van der Waals surface area contributed by atoms with Crippen LogP contribution in [0.15, 0.2) is 34.3 Å². The fraction of sp³-hybridized carbons (Fsp3) is 0.500. The lowest BCUT2D eigenvalue weighted by Gasteiger charge is -2.15. The lowest BCUT2D eigenvalue weighted by atomic mass is 10.2. The molecule has 1 aromatic heterocycles. The number of rotatable bonds is 8. The van der Waals surface area contributed by atoms with E-state index in [1.54, 1.807) is 31.2 Å². The zero-order valence-corrected chi connectivity index (χ0v) is 17.6. The summed E-state index contributed by atoms with van der Waals surface area (Å²) in [5, 5.41) is 9.03. The Morgan fingerprint density at radius 2 is 1.82 bits per heavy atom.